The molecule has 0 aromatic carbocycles. The van der Waals surface area contributed by atoms with Gasteiger partial charge in [0.2, 0.25) is 6.10 Å². The van der Waals surface area contributed by atoms with Crippen molar-refractivity contribution in [3.8, 4) is 0 Å². The lowest BCUT2D eigenvalue weighted by atomic mass is 9.50. The zero-order valence-corrected chi connectivity index (χ0v) is 19.9. The van der Waals surface area contributed by atoms with Crippen molar-refractivity contribution < 1.29 is 48.7 Å². The molecule has 1 spiro atoms. The zero-order chi connectivity index (χ0) is 25.0. The Kier molecular flexibility index (Phi) is 4.90. The normalized spacial score (nSPS) is 50.7. The second-order valence-electron chi connectivity index (χ2n) is 11.2. The van der Waals surface area contributed by atoms with Gasteiger partial charge in [-0.15, -0.1) is 0 Å². The van der Waals surface area contributed by atoms with Crippen LogP contribution in [0.2, 0.25) is 0 Å². The average molecular weight is 481 g/mol. The van der Waals surface area contributed by atoms with Gasteiger partial charge in [0.25, 0.3) is 0 Å². The van der Waals surface area contributed by atoms with Crippen LogP contribution in [0.5, 0.6) is 0 Å². The van der Waals surface area contributed by atoms with Crippen LogP contribution in [0.25, 0.3) is 0 Å². The average Bonchev–Trinajstić information content (AvgIpc) is 3.35. The number of aliphatic hydroxyl groups excluding tert-OH is 1. The molecule has 0 aromatic heterocycles. The first kappa shape index (κ1) is 23.7. The van der Waals surface area contributed by atoms with Gasteiger partial charge >= 0.3 is 17.9 Å². The fourth-order valence-electron chi connectivity index (χ4n) is 7.68. The number of cyclic esters (lactones) is 1. The van der Waals surface area contributed by atoms with Crippen molar-refractivity contribution in [3.05, 3.63) is 11.6 Å². The van der Waals surface area contributed by atoms with Crippen LogP contribution in [0, 0.1) is 28.6 Å². The van der Waals surface area contributed by atoms with E-state index in [0.29, 0.717) is 5.57 Å². The van der Waals surface area contributed by atoms with Crippen molar-refractivity contribution >= 4 is 17.9 Å². The fourth-order valence-corrected chi connectivity index (χ4v) is 7.68. The Morgan fingerprint density at radius 3 is 2.59 bits per heavy atom. The van der Waals surface area contributed by atoms with Crippen LogP contribution in [0.4, 0.5) is 0 Å². The smallest absolute Gasteiger partial charge is 0.348 e. The van der Waals surface area contributed by atoms with Gasteiger partial charge < -0.3 is 34.3 Å². The Hall–Kier alpha value is -2.01. The number of esters is 3. The molecular weight excluding hydrogens is 448 g/mol. The molecule has 188 valence electrons. The third kappa shape index (κ3) is 2.68. The molecule has 11 atom stereocenters. The Labute approximate surface area is 197 Å². The first-order chi connectivity index (χ1) is 15.7. The SMILES string of the molecule is CC[C@](C)(O)C(=O)O[C@H]1C(=O)O[C@@H]2C[C@](C)([C@H]3OC(=O)C=C3C)[C@H]3[C@@]4(O)OC[C@@]23[C@@H]1[C@@H](C)[C@H]4O. The Bertz CT molecular complexity index is 988. The van der Waals surface area contributed by atoms with Gasteiger partial charge in [-0.2, -0.15) is 0 Å². The molecular formula is C24H32O10. The first-order valence-electron chi connectivity index (χ1n) is 11.8. The van der Waals surface area contributed by atoms with Gasteiger partial charge in [-0.1, -0.05) is 20.8 Å². The zero-order valence-electron chi connectivity index (χ0n) is 19.9. The van der Waals surface area contributed by atoms with Crippen molar-refractivity contribution in [1.82, 2.24) is 0 Å². The minimum Gasteiger partial charge on any atom is -0.459 e. The number of carbonyl (C=O) groups is 3. The van der Waals surface area contributed by atoms with E-state index in [1.165, 1.54) is 13.0 Å². The minimum absolute atomic E-state index is 0.0323. The third-order valence-electron chi connectivity index (χ3n) is 9.27. The monoisotopic (exact) mass is 480 g/mol. The molecule has 3 aliphatic heterocycles. The molecule has 10 nitrogen and oxygen atoms in total. The predicted molar refractivity (Wildman–Crippen MR) is 113 cm³/mol. The number of hydrogen-bond acceptors (Lipinski definition) is 10. The minimum atomic E-state index is -1.97. The van der Waals surface area contributed by atoms with Crippen LogP contribution in [0.15, 0.2) is 11.6 Å². The number of hydrogen-bond donors (Lipinski definition) is 3. The van der Waals surface area contributed by atoms with E-state index < -0.39 is 82.3 Å². The van der Waals surface area contributed by atoms with E-state index in [1.54, 1.807) is 20.8 Å². The van der Waals surface area contributed by atoms with Crippen LogP contribution < -0.4 is 0 Å². The maximum atomic E-state index is 13.2. The summed E-state index contributed by atoms with van der Waals surface area (Å²) in [5, 5.41) is 33.4. The summed E-state index contributed by atoms with van der Waals surface area (Å²) in [6, 6.07) is 0. The van der Waals surface area contributed by atoms with Crippen LogP contribution in [-0.2, 0) is 33.3 Å². The lowest BCUT2D eigenvalue weighted by Gasteiger charge is -2.57. The molecule has 2 bridgehead atoms. The van der Waals surface area contributed by atoms with Gasteiger partial charge in [-0.25, -0.2) is 14.4 Å². The number of carbonyl (C=O) groups excluding carboxylic acids is 3. The third-order valence-corrected chi connectivity index (χ3v) is 9.27. The van der Waals surface area contributed by atoms with Crippen molar-refractivity contribution in [3.63, 3.8) is 0 Å². The summed E-state index contributed by atoms with van der Waals surface area (Å²) >= 11 is 0. The molecule has 2 aliphatic carbocycles. The van der Waals surface area contributed by atoms with E-state index in [-0.39, 0.29) is 19.4 Å². The van der Waals surface area contributed by atoms with Crippen molar-refractivity contribution in [1.29, 1.82) is 0 Å². The van der Waals surface area contributed by atoms with Gasteiger partial charge in [0.1, 0.15) is 18.3 Å². The highest BCUT2D eigenvalue weighted by Crippen LogP contribution is 2.74. The number of aliphatic hydroxyl groups is 3. The molecule has 34 heavy (non-hydrogen) atoms. The van der Waals surface area contributed by atoms with Crippen molar-refractivity contribution in [2.75, 3.05) is 6.61 Å². The van der Waals surface area contributed by atoms with Gasteiger partial charge in [-0.05, 0) is 38.2 Å². The maximum Gasteiger partial charge on any atom is 0.348 e. The fraction of sp³-hybridized carbons (Fsp3) is 0.792. The van der Waals surface area contributed by atoms with Crippen molar-refractivity contribution in [2.24, 2.45) is 28.6 Å². The van der Waals surface area contributed by atoms with E-state index in [9.17, 15) is 29.7 Å². The van der Waals surface area contributed by atoms with Crippen LogP contribution in [0.3, 0.4) is 0 Å². The summed E-state index contributed by atoms with van der Waals surface area (Å²) in [7, 11) is 0. The van der Waals surface area contributed by atoms with E-state index in [4.69, 9.17) is 18.9 Å². The van der Waals surface area contributed by atoms with Gasteiger partial charge in [0.05, 0.1) is 6.61 Å². The van der Waals surface area contributed by atoms with Gasteiger partial charge in [0.15, 0.2) is 11.4 Å². The number of rotatable bonds is 4. The Morgan fingerprint density at radius 2 is 2.00 bits per heavy atom. The lowest BCUT2D eigenvalue weighted by molar-refractivity contribution is -0.305. The van der Waals surface area contributed by atoms with Gasteiger partial charge in [0, 0.05) is 28.7 Å². The highest BCUT2D eigenvalue weighted by molar-refractivity contribution is 5.86. The summed E-state index contributed by atoms with van der Waals surface area (Å²) in [5.41, 5.74) is -3.06. The highest BCUT2D eigenvalue weighted by atomic mass is 16.7. The standard InChI is InChI=1S/C24H32O10/c1-6-22(5,29)20(28)34-15-14-11(3)16(26)24(30)19-21(4,17-10(2)7-13(25)33-17)8-12(32-18(15)27)23(14,19)9-31-24/h7,11-12,14-17,19,26,29-30H,6,8-9H2,1-5H3/t11-,12-,14-,15-,16-,17+,19-,21-,22+,23+,24+/m1/s1. The number of ether oxygens (including phenoxy) is 4. The van der Waals surface area contributed by atoms with Crippen LogP contribution >= 0.6 is 0 Å². The van der Waals surface area contributed by atoms with E-state index in [0.717, 1.165) is 0 Å². The summed E-state index contributed by atoms with van der Waals surface area (Å²) in [5.74, 6) is -6.43. The molecule has 3 N–H and O–H groups in total. The lowest BCUT2D eigenvalue weighted by Crippen LogP contribution is -2.70. The molecule has 2 saturated carbocycles. The summed E-state index contributed by atoms with van der Waals surface area (Å²) in [6.07, 6.45) is -2.49. The molecule has 10 heteroatoms. The van der Waals surface area contributed by atoms with E-state index in [1.807, 2.05) is 6.92 Å². The first-order valence-corrected chi connectivity index (χ1v) is 11.8. The molecule has 5 aliphatic rings. The second-order valence-corrected chi connectivity index (χ2v) is 11.2. The van der Waals surface area contributed by atoms with E-state index in [2.05, 4.69) is 0 Å². The van der Waals surface area contributed by atoms with Gasteiger partial charge in [-0.3, -0.25) is 0 Å². The molecule has 0 amide bonds. The van der Waals surface area contributed by atoms with Crippen LogP contribution in [-0.4, -0.2) is 75.6 Å². The van der Waals surface area contributed by atoms with Crippen LogP contribution in [0.1, 0.15) is 47.5 Å². The summed E-state index contributed by atoms with van der Waals surface area (Å²) < 4.78 is 22.9. The quantitative estimate of drug-likeness (QED) is 0.377. The summed E-state index contributed by atoms with van der Waals surface area (Å²) in [6.45, 7) is 8.17. The van der Waals surface area contributed by atoms with Crippen molar-refractivity contribution in [2.45, 2.75) is 83.3 Å². The maximum absolute atomic E-state index is 13.2. The molecule has 3 heterocycles. The summed E-state index contributed by atoms with van der Waals surface area (Å²) in [4.78, 5) is 38.0. The molecule has 5 rings (SSSR count). The topological polar surface area (TPSA) is 149 Å². The largest absolute Gasteiger partial charge is 0.459 e. The van der Waals surface area contributed by atoms with E-state index >= 15 is 0 Å². The molecule has 2 saturated heterocycles. The molecule has 0 aromatic rings. The molecule has 0 unspecified atom stereocenters. The Morgan fingerprint density at radius 1 is 1.32 bits per heavy atom. The Balaban J connectivity index is 1.63. The predicted octanol–water partition coefficient (Wildman–Crippen LogP) is 0.215. The molecule has 4 fully saturated rings. The highest BCUT2D eigenvalue weighted by Gasteiger charge is 2.84. The second kappa shape index (κ2) is 7.02. The molecule has 0 radical (unpaired) electrons.